The van der Waals surface area contributed by atoms with Gasteiger partial charge in [0, 0.05) is 29.9 Å². The van der Waals surface area contributed by atoms with E-state index in [9.17, 15) is 4.79 Å². The molecule has 2 aliphatic rings. The van der Waals surface area contributed by atoms with Crippen molar-refractivity contribution in [1.82, 2.24) is 0 Å². The van der Waals surface area contributed by atoms with E-state index >= 15 is 0 Å². The number of carbonyl (C=O) groups excluding carboxylic acids is 1. The molecule has 38 heavy (non-hydrogen) atoms. The summed E-state index contributed by atoms with van der Waals surface area (Å²) < 4.78 is 2.12. The van der Waals surface area contributed by atoms with Crippen LogP contribution < -0.4 is 0 Å². The van der Waals surface area contributed by atoms with Gasteiger partial charge in [0.05, 0.1) is 0 Å². The van der Waals surface area contributed by atoms with Crippen molar-refractivity contribution in [2.45, 2.75) is 47.3 Å². The van der Waals surface area contributed by atoms with E-state index in [2.05, 4.69) is 105 Å². The second kappa shape index (κ2) is 11.0. The van der Waals surface area contributed by atoms with Crippen molar-refractivity contribution in [3.63, 3.8) is 0 Å². The fourth-order valence-corrected chi connectivity index (χ4v) is 7.22. The molecule has 2 aliphatic carbocycles. The Morgan fingerprint density at radius 1 is 0.605 bits per heavy atom. The van der Waals surface area contributed by atoms with Crippen LogP contribution in [0.1, 0.15) is 64.6 Å². The number of rotatable bonds is 8. The highest BCUT2D eigenvalue weighted by molar-refractivity contribution is 9.10. The van der Waals surface area contributed by atoms with Gasteiger partial charge in [-0.05, 0) is 132 Å². The van der Waals surface area contributed by atoms with Crippen LogP contribution in [0.25, 0.3) is 22.3 Å². The summed E-state index contributed by atoms with van der Waals surface area (Å²) >= 11 is 10.9. The molecule has 5 heteroatoms. The van der Waals surface area contributed by atoms with Crippen LogP contribution in [0.15, 0.2) is 91.5 Å². The zero-order chi connectivity index (χ0) is 26.4. The zero-order valence-electron chi connectivity index (χ0n) is 21.4. The fourth-order valence-electron chi connectivity index (χ4n) is 5.31. The lowest BCUT2D eigenvalue weighted by molar-refractivity contribution is 0.103. The number of halogens is 2. The zero-order valence-corrected chi connectivity index (χ0v) is 26.2. The van der Waals surface area contributed by atoms with E-state index in [-0.39, 0.29) is 5.78 Å². The lowest BCUT2D eigenvalue weighted by Crippen LogP contribution is -2.04. The molecular formula is C33H28Br2OS2. The highest BCUT2D eigenvalue weighted by Gasteiger charge is 2.29. The molecule has 6 rings (SSSR count). The molecule has 4 aromatic rings. The van der Waals surface area contributed by atoms with Crippen molar-refractivity contribution < 1.29 is 4.79 Å². The molecule has 0 amide bonds. The smallest absolute Gasteiger partial charge is 0.193 e. The Kier molecular flexibility index (Phi) is 7.65. The van der Waals surface area contributed by atoms with Gasteiger partial charge in [0.25, 0.3) is 0 Å². The van der Waals surface area contributed by atoms with Gasteiger partial charge in [0.1, 0.15) is 0 Å². The van der Waals surface area contributed by atoms with Crippen molar-refractivity contribution >= 4 is 61.2 Å². The van der Waals surface area contributed by atoms with Gasteiger partial charge in [-0.15, -0.1) is 23.5 Å². The summed E-state index contributed by atoms with van der Waals surface area (Å²) in [6.45, 7) is 0. The fraction of sp³-hybridized carbons (Fsp3) is 0.242. The largest absolute Gasteiger partial charge is 0.289 e. The van der Waals surface area contributed by atoms with E-state index in [1.54, 1.807) is 23.5 Å². The van der Waals surface area contributed by atoms with Gasteiger partial charge in [-0.3, -0.25) is 4.79 Å². The first-order valence-corrected chi connectivity index (χ1v) is 17.0. The lowest BCUT2D eigenvalue weighted by atomic mass is 9.89. The summed E-state index contributed by atoms with van der Waals surface area (Å²) in [4.78, 5) is 16.5. The van der Waals surface area contributed by atoms with Crippen LogP contribution >= 0.6 is 55.4 Å². The quantitative estimate of drug-likeness (QED) is 0.138. The van der Waals surface area contributed by atoms with Crippen molar-refractivity contribution in [2.75, 3.05) is 12.5 Å². The van der Waals surface area contributed by atoms with Crippen LogP contribution in [0.2, 0.25) is 0 Å². The second-order valence-electron chi connectivity index (χ2n) is 10.2. The highest BCUT2D eigenvalue weighted by Crippen LogP contribution is 2.48. The molecule has 0 spiro atoms. The molecular weight excluding hydrogens is 636 g/mol. The van der Waals surface area contributed by atoms with Crippen molar-refractivity contribution in [3.8, 4) is 22.3 Å². The summed E-state index contributed by atoms with van der Waals surface area (Å²) in [6.07, 6.45) is 9.12. The number of thioether (sulfide) groups is 2. The molecule has 0 saturated heterocycles. The summed E-state index contributed by atoms with van der Waals surface area (Å²) in [5.41, 5.74) is 9.00. The number of carbonyl (C=O) groups is 1. The Hall–Kier alpha value is -1.79. The van der Waals surface area contributed by atoms with Gasteiger partial charge in [0.15, 0.2) is 5.78 Å². The predicted molar refractivity (Wildman–Crippen MR) is 170 cm³/mol. The molecule has 0 radical (unpaired) electrons. The molecule has 2 saturated carbocycles. The molecule has 192 valence electrons. The first-order valence-electron chi connectivity index (χ1n) is 13.0. The minimum atomic E-state index is 0.0820. The number of hydrogen-bond acceptors (Lipinski definition) is 3. The third-order valence-corrected chi connectivity index (χ3v) is 10.1. The normalized spacial score (nSPS) is 15.1. The van der Waals surface area contributed by atoms with Crippen molar-refractivity contribution in [3.05, 3.63) is 104 Å². The number of hydrogen-bond donors (Lipinski definition) is 0. The minimum Gasteiger partial charge on any atom is -0.289 e. The van der Waals surface area contributed by atoms with E-state index < -0.39 is 0 Å². The maximum absolute atomic E-state index is 14.0. The van der Waals surface area contributed by atoms with Crippen molar-refractivity contribution in [1.29, 1.82) is 0 Å². The average Bonchev–Trinajstić information content (AvgIpc) is 3.86. The van der Waals surface area contributed by atoms with E-state index in [4.69, 9.17) is 0 Å². The maximum atomic E-state index is 14.0. The standard InChI is InChI=1S/C33H28Br2OS2/c1-37-31-13-9-23(34)17-29(31)27-15-21(7-11-25(27)19-3-4-19)33(36)22-8-12-26(20-5-6-20)28(16-22)30-18-24(35)10-14-32(30)38-2/h7-20H,3-6H2,1-2H3. The van der Waals surface area contributed by atoms with Crippen LogP contribution in [-0.4, -0.2) is 18.3 Å². The van der Waals surface area contributed by atoms with Crippen LogP contribution in [0.5, 0.6) is 0 Å². The molecule has 0 unspecified atom stereocenters. The Morgan fingerprint density at radius 3 is 1.39 bits per heavy atom. The van der Waals surface area contributed by atoms with Gasteiger partial charge in [-0.2, -0.15) is 0 Å². The number of benzene rings is 4. The second-order valence-corrected chi connectivity index (χ2v) is 13.7. The molecule has 1 nitrogen and oxygen atoms in total. The van der Waals surface area contributed by atoms with Crippen LogP contribution in [-0.2, 0) is 0 Å². The first kappa shape index (κ1) is 26.4. The monoisotopic (exact) mass is 662 g/mol. The van der Waals surface area contributed by atoms with Crippen LogP contribution in [0.4, 0.5) is 0 Å². The van der Waals surface area contributed by atoms with E-state index in [1.807, 2.05) is 12.1 Å². The molecule has 0 heterocycles. The molecule has 0 aromatic heterocycles. The van der Waals surface area contributed by atoms with E-state index in [1.165, 1.54) is 68.9 Å². The van der Waals surface area contributed by atoms with Gasteiger partial charge >= 0.3 is 0 Å². The van der Waals surface area contributed by atoms with E-state index in [0.29, 0.717) is 11.8 Å². The van der Waals surface area contributed by atoms with Gasteiger partial charge in [0.2, 0.25) is 0 Å². The minimum absolute atomic E-state index is 0.0820. The number of ketones is 1. The SMILES string of the molecule is CSc1ccc(Br)cc1-c1cc(C(=O)c2ccc(C3CC3)c(-c3cc(Br)ccc3SC)c2)ccc1C1CC1. The third kappa shape index (κ3) is 5.32. The van der Waals surface area contributed by atoms with Gasteiger partial charge in [-0.1, -0.05) is 56.1 Å². The Balaban J connectivity index is 1.46. The van der Waals surface area contributed by atoms with Gasteiger partial charge in [-0.25, -0.2) is 0 Å². The van der Waals surface area contributed by atoms with Crippen LogP contribution in [0.3, 0.4) is 0 Å². The molecule has 2 fully saturated rings. The Morgan fingerprint density at radius 2 is 1.03 bits per heavy atom. The van der Waals surface area contributed by atoms with Gasteiger partial charge < -0.3 is 0 Å². The van der Waals surface area contributed by atoms with Crippen molar-refractivity contribution in [2.24, 2.45) is 0 Å². The molecule has 0 atom stereocenters. The molecule has 0 bridgehead atoms. The summed E-state index contributed by atoms with van der Waals surface area (Å²) in [6, 6.07) is 25.7. The highest BCUT2D eigenvalue weighted by atomic mass is 79.9. The van der Waals surface area contributed by atoms with Crippen LogP contribution in [0, 0.1) is 0 Å². The first-order chi connectivity index (χ1) is 18.5. The Bertz CT molecular complexity index is 1440. The lowest BCUT2D eigenvalue weighted by Gasteiger charge is -2.16. The van der Waals surface area contributed by atoms with E-state index in [0.717, 1.165) is 20.1 Å². The average molecular weight is 665 g/mol. The summed E-state index contributed by atoms with van der Waals surface area (Å²) in [5, 5.41) is 0. The maximum Gasteiger partial charge on any atom is 0.193 e. The summed E-state index contributed by atoms with van der Waals surface area (Å²) in [5.74, 6) is 1.26. The third-order valence-electron chi connectivity index (χ3n) is 7.57. The Labute approximate surface area is 250 Å². The molecule has 4 aromatic carbocycles. The topological polar surface area (TPSA) is 17.1 Å². The predicted octanol–water partition coefficient (Wildman–Crippen LogP) is 11.0. The molecule has 0 aliphatic heterocycles. The summed E-state index contributed by atoms with van der Waals surface area (Å²) in [7, 11) is 0. The molecule has 0 N–H and O–H groups in total.